The van der Waals surface area contributed by atoms with E-state index in [0.717, 1.165) is 6.08 Å². The molecule has 13 heteroatoms. The number of carbonyl (C=O) groups excluding carboxylic acids is 1. The second kappa shape index (κ2) is 11.7. The monoisotopic (exact) mass is 575 g/mol. The minimum Gasteiger partial charge on any atom is -0.494 e. The summed E-state index contributed by atoms with van der Waals surface area (Å²) in [6, 6.07) is 10.1. The van der Waals surface area contributed by atoms with Gasteiger partial charge in [-0.05, 0) is 63.4 Å². The zero-order chi connectivity index (χ0) is 29.0. The lowest BCUT2D eigenvalue weighted by atomic mass is 10.0. The molecule has 1 unspecified atom stereocenters. The highest BCUT2D eigenvalue weighted by Crippen LogP contribution is 2.37. The summed E-state index contributed by atoms with van der Waals surface area (Å²) in [6.07, 6.45) is 0.176. The Hall–Kier alpha value is -3.48. The summed E-state index contributed by atoms with van der Waals surface area (Å²) in [5.74, 6) is -0.893. The molecule has 0 saturated heterocycles. The van der Waals surface area contributed by atoms with Crippen LogP contribution in [-0.2, 0) is 25.6 Å². The van der Waals surface area contributed by atoms with Gasteiger partial charge in [-0.3, -0.25) is 0 Å². The number of benzene rings is 2. The van der Waals surface area contributed by atoms with Crippen LogP contribution in [0.5, 0.6) is 11.5 Å². The van der Waals surface area contributed by atoms with Gasteiger partial charge in [-0.1, -0.05) is 18.2 Å². The SMILES string of the molecule is COc1cc(CN(CCCC2C=C(OS(=O)(=O)C(F)(F)F)c3ccccc3O2)C(=O)OC(C)(C)C)ccc1F. The quantitative estimate of drug-likeness (QED) is 0.205. The fourth-order valence-electron chi connectivity index (χ4n) is 3.68. The number of fused-ring (bicyclic) bond motifs is 1. The molecule has 0 radical (unpaired) electrons. The second-order valence-corrected chi connectivity index (χ2v) is 11.2. The second-order valence-electron chi connectivity index (χ2n) is 9.68. The van der Waals surface area contributed by atoms with Gasteiger partial charge in [0.2, 0.25) is 0 Å². The third-order valence-corrected chi connectivity index (χ3v) is 6.37. The van der Waals surface area contributed by atoms with Gasteiger partial charge in [-0.2, -0.15) is 21.6 Å². The van der Waals surface area contributed by atoms with Crippen molar-refractivity contribution in [1.29, 1.82) is 0 Å². The van der Waals surface area contributed by atoms with Crippen molar-refractivity contribution < 1.29 is 49.2 Å². The van der Waals surface area contributed by atoms with Crippen LogP contribution in [0.2, 0.25) is 0 Å². The first-order chi connectivity index (χ1) is 18.1. The van der Waals surface area contributed by atoms with Crippen LogP contribution in [0, 0.1) is 5.82 Å². The summed E-state index contributed by atoms with van der Waals surface area (Å²) in [5.41, 5.74) is -5.75. The van der Waals surface area contributed by atoms with Crippen LogP contribution in [0.4, 0.5) is 22.4 Å². The molecule has 214 valence electrons. The summed E-state index contributed by atoms with van der Waals surface area (Å²) >= 11 is 0. The molecule has 0 aromatic heterocycles. The molecule has 39 heavy (non-hydrogen) atoms. The van der Waals surface area contributed by atoms with Crippen molar-refractivity contribution in [2.24, 2.45) is 0 Å². The Morgan fingerprint density at radius 3 is 2.44 bits per heavy atom. The van der Waals surface area contributed by atoms with Gasteiger partial charge in [-0.15, -0.1) is 0 Å². The molecule has 3 rings (SSSR count). The van der Waals surface area contributed by atoms with Crippen LogP contribution < -0.4 is 9.47 Å². The molecule has 0 N–H and O–H groups in total. The molecule has 0 fully saturated rings. The van der Waals surface area contributed by atoms with Gasteiger partial charge < -0.3 is 23.3 Å². The number of nitrogens with zero attached hydrogens (tertiary/aromatic N) is 1. The molecular weight excluding hydrogens is 546 g/mol. The molecule has 1 aliphatic heterocycles. The van der Waals surface area contributed by atoms with E-state index in [2.05, 4.69) is 4.18 Å². The average molecular weight is 576 g/mol. The van der Waals surface area contributed by atoms with Crippen molar-refractivity contribution in [3.8, 4) is 11.5 Å². The highest BCUT2D eigenvalue weighted by Gasteiger charge is 2.49. The van der Waals surface area contributed by atoms with Crippen molar-refractivity contribution in [1.82, 2.24) is 4.90 Å². The van der Waals surface area contributed by atoms with E-state index in [4.69, 9.17) is 14.2 Å². The number of halogens is 4. The molecule has 0 bridgehead atoms. The summed E-state index contributed by atoms with van der Waals surface area (Å²) in [6.45, 7) is 5.32. The summed E-state index contributed by atoms with van der Waals surface area (Å²) in [4.78, 5) is 14.3. The highest BCUT2D eigenvalue weighted by atomic mass is 32.2. The van der Waals surface area contributed by atoms with Gasteiger partial charge in [0.25, 0.3) is 0 Å². The number of hydrogen-bond acceptors (Lipinski definition) is 7. The Morgan fingerprint density at radius 2 is 1.79 bits per heavy atom. The Balaban J connectivity index is 1.77. The number of ether oxygens (including phenoxy) is 3. The van der Waals surface area contributed by atoms with Crippen LogP contribution in [0.1, 0.15) is 44.7 Å². The minimum atomic E-state index is -5.90. The lowest BCUT2D eigenvalue weighted by Gasteiger charge is -2.29. The summed E-state index contributed by atoms with van der Waals surface area (Å²) in [5, 5.41) is 0. The standard InChI is InChI=1S/C26H29F4NO7S/c1-25(2,3)37-24(32)31(16-17-11-12-20(27)23(14-17)35-4)13-7-8-18-15-22(38-39(33,34)26(28,29)30)19-9-5-6-10-21(19)36-18/h5-6,9-12,14-15,18H,7-8,13,16H2,1-4H3. The first-order valence-electron chi connectivity index (χ1n) is 11.9. The van der Waals surface area contributed by atoms with Crippen LogP contribution in [-0.4, -0.2) is 50.3 Å². The molecular formula is C26H29F4NO7S. The zero-order valence-corrected chi connectivity index (χ0v) is 22.6. The smallest absolute Gasteiger partial charge is 0.494 e. The van der Waals surface area contributed by atoms with Crippen LogP contribution in [0.15, 0.2) is 48.5 Å². The zero-order valence-electron chi connectivity index (χ0n) is 21.7. The third kappa shape index (κ3) is 8.01. The normalized spacial score (nSPS) is 15.5. The predicted molar refractivity (Wildman–Crippen MR) is 134 cm³/mol. The molecule has 1 atom stereocenters. The van der Waals surface area contributed by atoms with E-state index in [1.165, 1.54) is 48.4 Å². The molecule has 1 amide bonds. The Kier molecular flexibility index (Phi) is 9.04. The molecule has 2 aromatic carbocycles. The first-order valence-corrected chi connectivity index (χ1v) is 13.3. The van der Waals surface area contributed by atoms with Gasteiger partial charge in [0.15, 0.2) is 17.3 Å². The number of rotatable bonds is 9. The average Bonchev–Trinajstić information content (AvgIpc) is 2.82. The van der Waals surface area contributed by atoms with Gasteiger partial charge in [0.05, 0.1) is 12.7 Å². The number of hydrogen-bond donors (Lipinski definition) is 0. The lowest BCUT2D eigenvalue weighted by molar-refractivity contribution is -0.0510. The van der Waals surface area contributed by atoms with Crippen molar-refractivity contribution in [2.75, 3.05) is 13.7 Å². The molecule has 0 saturated carbocycles. The fraction of sp³-hybridized carbons (Fsp3) is 0.423. The van der Waals surface area contributed by atoms with Crippen molar-refractivity contribution in [2.45, 2.75) is 57.4 Å². The number of methoxy groups -OCH3 is 1. The van der Waals surface area contributed by atoms with E-state index >= 15 is 0 Å². The first kappa shape index (κ1) is 30.1. The van der Waals surface area contributed by atoms with Crippen LogP contribution >= 0.6 is 0 Å². The topological polar surface area (TPSA) is 91.4 Å². The summed E-state index contributed by atoms with van der Waals surface area (Å²) in [7, 11) is -4.58. The lowest BCUT2D eigenvalue weighted by Crippen LogP contribution is -2.37. The maximum absolute atomic E-state index is 13.8. The minimum absolute atomic E-state index is 0.0115. The largest absolute Gasteiger partial charge is 0.534 e. The molecule has 1 heterocycles. The van der Waals surface area contributed by atoms with Gasteiger partial charge in [0.1, 0.15) is 17.5 Å². The van der Waals surface area contributed by atoms with E-state index in [0.29, 0.717) is 12.0 Å². The molecule has 2 aromatic rings. The van der Waals surface area contributed by atoms with E-state index in [-0.39, 0.29) is 36.6 Å². The molecule has 1 aliphatic rings. The van der Waals surface area contributed by atoms with Crippen molar-refractivity contribution in [3.05, 3.63) is 65.5 Å². The van der Waals surface area contributed by atoms with Gasteiger partial charge in [0, 0.05) is 19.2 Å². The Labute approximate surface area is 224 Å². The molecule has 0 spiro atoms. The van der Waals surface area contributed by atoms with Crippen LogP contribution in [0.3, 0.4) is 0 Å². The number of carbonyl (C=O) groups is 1. The fourth-order valence-corrected chi connectivity index (χ4v) is 4.15. The predicted octanol–water partition coefficient (Wildman–Crippen LogP) is 6.02. The van der Waals surface area contributed by atoms with E-state index in [1.807, 2.05) is 0 Å². The highest BCUT2D eigenvalue weighted by molar-refractivity contribution is 7.87. The van der Waals surface area contributed by atoms with E-state index in [9.17, 15) is 30.8 Å². The number of amides is 1. The van der Waals surface area contributed by atoms with E-state index in [1.54, 1.807) is 26.8 Å². The maximum atomic E-state index is 13.8. The molecule has 8 nitrogen and oxygen atoms in total. The summed E-state index contributed by atoms with van der Waals surface area (Å²) < 4.78 is 96.7. The van der Waals surface area contributed by atoms with Crippen LogP contribution in [0.25, 0.3) is 5.76 Å². The van der Waals surface area contributed by atoms with Crippen molar-refractivity contribution in [3.63, 3.8) is 0 Å². The maximum Gasteiger partial charge on any atom is 0.534 e. The number of para-hydroxylation sites is 1. The van der Waals surface area contributed by atoms with Crippen molar-refractivity contribution >= 4 is 22.0 Å². The van der Waals surface area contributed by atoms with E-state index < -0.39 is 45.0 Å². The molecule has 0 aliphatic carbocycles. The number of alkyl halides is 3. The van der Waals surface area contributed by atoms with Gasteiger partial charge >= 0.3 is 21.7 Å². The Morgan fingerprint density at radius 1 is 1.10 bits per heavy atom. The third-order valence-electron chi connectivity index (χ3n) is 5.41. The van der Waals surface area contributed by atoms with Gasteiger partial charge in [-0.25, -0.2) is 9.18 Å². The Bertz CT molecular complexity index is 1320.